The van der Waals surface area contributed by atoms with E-state index in [9.17, 15) is 22.4 Å². The molecule has 0 spiro atoms. The maximum atomic E-state index is 14.0. The summed E-state index contributed by atoms with van der Waals surface area (Å²) in [5.74, 6) is -1.51. The number of anilines is 1. The zero-order valence-electron chi connectivity index (χ0n) is 15.8. The van der Waals surface area contributed by atoms with Gasteiger partial charge in [-0.3, -0.25) is 10.1 Å². The fourth-order valence-electron chi connectivity index (χ4n) is 2.85. The number of halogens is 4. The van der Waals surface area contributed by atoms with E-state index < -0.39 is 35.0 Å². The molecule has 0 fully saturated rings. The summed E-state index contributed by atoms with van der Waals surface area (Å²) in [7, 11) is 0. The molecule has 0 aliphatic heterocycles. The van der Waals surface area contributed by atoms with Gasteiger partial charge in [0.1, 0.15) is 17.3 Å². The number of carbonyl (C=O) groups excluding carboxylic acids is 1. The molecule has 2 heterocycles. The predicted molar refractivity (Wildman–Crippen MR) is 105 cm³/mol. The third kappa shape index (κ3) is 4.06. The highest BCUT2D eigenvalue weighted by atomic mass is 32.1. The van der Waals surface area contributed by atoms with Gasteiger partial charge >= 0.3 is 6.18 Å². The van der Waals surface area contributed by atoms with Crippen LogP contribution < -0.4 is 10.1 Å². The minimum Gasteiger partial charge on any atom is -0.494 e. The topological polar surface area (TPSA) is 81.9 Å². The number of aromatic nitrogens is 4. The Morgan fingerprint density at radius 3 is 2.71 bits per heavy atom. The van der Waals surface area contributed by atoms with Gasteiger partial charge in [-0.15, -0.1) is 5.10 Å². The molecular formula is C19H13F4N5O2S. The first-order valence-electron chi connectivity index (χ1n) is 8.90. The first-order chi connectivity index (χ1) is 14.8. The molecule has 31 heavy (non-hydrogen) atoms. The van der Waals surface area contributed by atoms with Crippen LogP contribution in [0.15, 0.2) is 42.5 Å². The number of fused-ring (bicyclic) bond motifs is 1. The molecular weight excluding hydrogens is 438 g/mol. The van der Waals surface area contributed by atoms with Crippen LogP contribution in [0.1, 0.15) is 23.1 Å². The Hall–Kier alpha value is -3.54. The number of carbonyl (C=O) groups is 1. The number of benzene rings is 2. The summed E-state index contributed by atoms with van der Waals surface area (Å²) in [6.45, 7) is 2.29. The first-order valence-corrected chi connectivity index (χ1v) is 9.72. The quantitative estimate of drug-likeness (QED) is 0.446. The Morgan fingerprint density at radius 2 is 2.00 bits per heavy atom. The van der Waals surface area contributed by atoms with Crippen LogP contribution in [-0.4, -0.2) is 32.5 Å². The average molecular weight is 451 g/mol. The summed E-state index contributed by atoms with van der Waals surface area (Å²) in [6.07, 6.45) is -5.02. The van der Waals surface area contributed by atoms with E-state index in [4.69, 9.17) is 4.74 Å². The number of para-hydroxylation sites is 1. The van der Waals surface area contributed by atoms with E-state index in [-0.39, 0.29) is 9.81 Å². The Labute approximate surface area is 176 Å². The minimum absolute atomic E-state index is 0.0715. The van der Waals surface area contributed by atoms with Crippen molar-refractivity contribution < 1.29 is 27.1 Å². The van der Waals surface area contributed by atoms with Crippen LogP contribution in [0.3, 0.4) is 0 Å². The monoisotopic (exact) mass is 451 g/mol. The van der Waals surface area contributed by atoms with Gasteiger partial charge in [0.15, 0.2) is 16.5 Å². The number of alkyl halides is 3. The molecule has 7 nitrogen and oxygen atoms in total. The lowest BCUT2D eigenvalue weighted by Crippen LogP contribution is -2.21. The summed E-state index contributed by atoms with van der Waals surface area (Å²) < 4.78 is 61.5. The molecule has 4 aromatic rings. The molecule has 0 saturated heterocycles. The fraction of sp³-hybridized carbons (Fsp3) is 0.158. The van der Waals surface area contributed by atoms with Crippen LogP contribution in [0.5, 0.6) is 5.75 Å². The molecule has 1 N–H and O–H groups in total. The van der Waals surface area contributed by atoms with Crippen molar-refractivity contribution in [3.8, 4) is 11.4 Å². The number of thiazole rings is 1. The van der Waals surface area contributed by atoms with Gasteiger partial charge < -0.3 is 4.74 Å². The largest absolute Gasteiger partial charge is 0.494 e. The van der Waals surface area contributed by atoms with E-state index >= 15 is 0 Å². The van der Waals surface area contributed by atoms with Crippen molar-refractivity contribution >= 4 is 32.6 Å². The number of hydrogen-bond acceptors (Lipinski definition) is 6. The Kier molecular flexibility index (Phi) is 5.31. The maximum absolute atomic E-state index is 14.0. The van der Waals surface area contributed by atoms with E-state index in [1.807, 2.05) is 6.92 Å². The molecule has 4 rings (SSSR count). The van der Waals surface area contributed by atoms with Gasteiger partial charge in [-0.05, 0) is 37.3 Å². The minimum atomic E-state index is -5.02. The fourth-order valence-corrected chi connectivity index (χ4v) is 3.74. The third-order valence-corrected chi connectivity index (χ3v) is 5.06. The van der Waals surface area contributed by atoms with Crippen LogP contribution in [0.25, 0.3) is 15.9 Å². The average Bonchev–Trinajstić information content (AvgIpc) is 3.32. The second-order valence-corrected chi connectivity index (χ2v) is 7.21. The highest BCUT2D eigenvalue weighted by Gasteiger charge is 2.42. The van der Waals surface area contributed by atoms with Gasteiger partial charge in [0.05, 0.1) is 16.8 Å². The summed E-state index contributed by atoms with van der Waals surface area (Å²) in [5.41, 5.74) is -2.43. The molecule has 2 aromatic heterocycles. The van der Waals surface area contributed by atoms with Crippen LogP contribution in [0.4, 0.5) is 22.7 Å². The molecule has 2 aromatic carbocycles. The normalized spacial score (nSPS) is 11.6. The Morgan fingerprint density at radius 1 is 1.23 bits per heavy atom. The van der Waals surface area contributed by atoms with Gasteiger partial charge in [-0.2, -0.15) is 13.2 Å². The molecule has 0 atom stereocenters. The summed E-state index contributed by atoms with van der Waals surface area (Å²) in [6, 6.07) is 9.82. The number of amides is 1. The second-order valence-electron chi connectivity index (χ2n) is 6.18. The van der Waals surface area contributed by atoms with Crippen molar-refractivity contribution in [3.05, 3.63) is 59.7 Å². The first kappa shape index (κ1) is 20.7. The second kappa shape index (κ2) is 7.95. The molecule has 0 unspecified atom stereocenters. The van der Waals surface area contributed by atoms with Gasteiger partial charge in [-0.1, -0.05) is 28.7 Å². The highest BCUT2D eigenvalue weighted by Crippen LogP contribution is 2.34. The van der Waals surface area contributed by atoms with E-state index in [1.54, 1.807) is 18.2 Å². The zero-order chi connectivity index (χ0) is 22.2. The predicted octanol–water partition coefficient (Wildman–Crippen LogP) is 4.69. The smallest absolute Gasteiger partial charge is 0.435 e. The van der Waals surface area contributed by atoms with E-state index in [0.29, 0.717) is 22.6 Å². The third-order valence-electron chi connectivity index (χ3n) is 4.13. The number of hydrogen-bond donors (Lipinski definition) is 1. The highest BCUT2D eigenvalue weighted by molar-refractivity contribution is 7.22. The summed E-state index contributed by atoms with van der Waals surface area (Å²) in [5, 5.41) is 9.10. The van der Waals surface area contributed by atoms with Gasteiger partial charge in [0.2, 0.25) is 0 Å². The van der Waals surface area contributed by atoms with E-state index in [2.05, 4.69) is 20.6 Å². The van der Waals surface area contributed by atoms with Crippen LogP contribution in [-0.2, 0) is 6.18 Å². The lowest BCUT2D eigenvalue weighted by molar-refractivity contribution is -0.143. The summed E-state index contributed by atoms with van der Waals surface area (Å²) in [4.78, 5) is 16.8. The lowest BCUT2D eigenvalue weighted by atomic mass is 10.2. The van der Waals surface area contributed by atoms with Crippen molar-refractivity contribution in [2.24, 2.45) is 0 Å². The van der Waals surface area contributed by atoms with Crippen molar-refractivity contribution in [3.63, 3.8) is 0 Å². The molecule has 0 aliphatic carbocycles. The standard InChI is InChI=1S/C19H13F4N5O2S/c1-2-30-10-7-8-12-14(9-10)31-18(24-12)25-17(29)15-16(19(21,22)23)28(27-26-15)13-6-4-3-5-11(13)20/h3-9H,2H2,1H3,(H,24,25,29). The SMILES string of the molecule is CCOc1ccc2nc(NC(=O)c3nnn(-c4ccccc4F)c3C(F)(F)F)sc2c1. The number of nitrogens with zero attached hydrogens (tertiary/aromatic N) is 4. The van der Waals surface area contributed by atoms with Crippen LogP contribution in [0.2, 0.25) is 0 Å². The molecule has 0 aliphatic rings. The number of nitrogens with one attached hydrogen (secondary N) is 1. The van der Waals surface area contributed by atoms with Crippen molar-refractivity contribution in [1.82, 2.24) is 20.0 Å². The number of ether oxygens (including phenoxy) is 1. The zero-order valence-corrected chi connectivity index (χ0v) is 16.6. The van der Waals surface area contributed by atoms with E-state index in [0.717, 1.165) is 23.5 Å². The molecule has 0 bridgehead atoms. The molecule has 160 valence electrons. The van der Waals surface area contributed by atoms with Gasteiger partial charge in [0.25, 0.3) is 5.91 Å². The van der Waals surface area contributed by atoms with E-state index in [1.165, 1.54) is 12.1 Å². The Bertz CT molecular complexity index is 1270. The molecule has 0 radical (unpaired) electrons. The van der Waals surface area contributed by atoms with Crippen LogP contribution in [0, 0.1) is 5.82 Å². The van der Waals surface area contributed by atoms with Gasteiger partial charge in [0, 0.05) is 0 Å². The molecule has 12 heteroatoms. The Balaban J connectivity index is 1.69. The number of rotatable bonds is 5. The van der Waals surface area contributed by atoms with Crippen molar-refractivity contribution in [1.29, 1.82) is 0 Å². The molecule has 1 amide bonds. The van der Waals surface area contributed by atoms with Crippen molar-refractivity contribution in [2.45, 2.75) is 13.1 Å². The van der Waals surface area contributed by atoms with Crippen molar-refractivity contribution in [2.75, 3.05) is 11.9 Å². The van der Waals surface area contributed by atoms with Crippen LogP contribution >= 0.6 is 11.3 Å². The summed E-state index contributed by atoms with van der Waals surface area (Å²) >= 11 is 1.06. The lowest BCUT2D eigenvalue weighted by Gasteiger charge is -2.11. The maximum Gasteiger partial charge on any atom is 0.435 e. The molecule has 0 saturated carbocycles. The van der Waals surface area contributed by atoms with Gasteiger partial charge in [-0.25, -0.2) is 14.1 Å².